The first-order valence-corrected chi connectivity index (χ1v) is 7.31. The minimum absolute atomic E-state index is 0.231. The molecule has 0 heterocycles. The van der Waals surface area contributed by atoms with Gasteiger partial charge in [-0.05, 0) is 48.9 Å². The van der Waals surface area contributed by atoms with Gasteiger partial charge in [-0.15, -0.1) is 0 Å². The highest BCUT2D eigenvalue weighted by molar-refractivity contribution is 6.30. The van der Waals surface area contributed by atoms with Crippen LogP contribution in [-0.2, 0) is 0 Å². The molecule has 2 aromatic rings. The molecular formula is C16H16Cl2FN. The first kappa shape index (κ1) is 15.3. The first-order chi connectivity index (χ1) is 9.61. The fraction of sp³-hybridized carbons (Fsp3) is 0.250. The topological polar surface area (TPSA) is 12.0 Å². The second-order valence-electron chi connectivity index (χ2n) is 4.60. The predicted molar refractivity (Wildman–Crippen MR) is 83.0 cm³/mol. The zero-order valence-corrected chi connectivity index (χ0v) is 12.7. The molecule has 0 radical (unpaired) electrons. The zero-order chi connectivity index (χ0) is 14.5. The van der Waals surface area contributed by atoms with Crippen molar-refractivity contribution in [3.05, 3.63) is 69.5 Å². The zero-order valence-electron chi connectivity index (χ0n) is 11.2. The Labute approximate surface area is 128 Å². The lowest BCUT2D eigenvalue weighted by atomic mass is 9.98. The fourth-order valence-corrected chi connectivity index (χ4v) is 2.39. The van der Waals surface area contributed by atoms with Crippen molar-refractivity contribution in [1.82, 2.24) is 5.32 Å². The van der Waals surface area contributed by atoms with Gasteiger partial charge in [-0.2, -0.15) is 0 Å². The summed E-state index contributed by atoms with van der Waals surface area (Å²) in [6.45, 7) is 2.86. The number of halogens is 3. The molecule has 0 aliphatic carbocycles. The molecule has 1 unspecified atom stereocenters. The van der Waals surface area contributed by atoms with E-state index in [1.165, 1.54) is 6.07 Å². The summed E-state index contributed by atoms with van der Waals surface area (Å²) in [6.07, 6.45) is 0.965. The Balaban J connectivity index is 2.41. The fourth-order valence-electron chi connectivity index (χ4n) is 2.09. The summed E-state index contributed by atoms with van der Waals surface area (Å²) < 4.78 is 14.1. The van der Waals surface area contributed by atoms with Gasteiger partial charge in [0, 0.05) is 15.6 Å². The largest absolute Gasteiger partial charge is 0.306 e. The van der Waals surface area contributed by atoms with Crippen LogP contribution < -0.4 is 5.32 Å². The predicted octanol–water partition coefficient (Wildman–Crippen LogP) is 5.22. The van der Waals surface area contributed by atoms with Crippen LogP contribution in [0.4, 0.5) is 4.39 Å². The van der Waals surface area contributed by atoms with E-state index in [1.54, 1.807) is 24.3 Å². The molecule has 1 atom stereocenters. The first-order valence-electron chi connectivity index (χ1n) is 6.55. The van der Waals surface area contributed by atoms with Gasteiger partial charge in [-0.25, -0.2) is 4.39 Å². The van der Waals surface area contributed by atoms with Crippen LogP contribution in [0.25, 0.3) is 0 Å². The summed E-state index contributed by atoms with van der Waals surface area (Å²) >= 11 is 11.9. The normalized spacial score (nSPS) is 12.4. The SMILES string of the molecule is CCCNC(c1ccc(Cl)cc1)c1cc(Cl)ccc1F. The Morgan fingerprint density at radius 3 is 2.35 bits per heavy atom. The summed E-state index contributed by atoms with van der Waals surface area (Å²) in [6, 6.07) is 11.8. The quantitative estimate of drug-likeness (QED) is 0.798. The third-order valence-electron chi connectivity index (χ3n) is 3.07. The highest BCUT2D eigenvalue weighted by atomic mass is 35.5. The number of hydrogen-bond donors (Lipinski definition) is 1. The van der Waals surface area contributed by atoms with Crippen LogP contribution in [0.5, 0.6) is 0 Å². The van der Waals surface area contributed by atoms with E-state index in [-0.39, 0.29) is 11.9 Å². The molecule has 20 heavy (non-hydrogen) atoms. The number of hydrogen-bond acceptors (Lipinski definition) is 1. The van der Waals surface area contributed by atoms with Gasteiger partial charge in [0.2, 0.25) is 0 Å². The van der Waals surface area contributed by atoms with Crippen LogP contribution in [0.1, 0.15) is 30.5 Å². The van der Waals surface area contributed by atoms with E-state index in [2.05, 4.69) is 12.2 Å². The second-order valence-corrected chi connectivity index (χ2v) is 5.48. The summed E-state index contributed by atoms with van der Waals surface area (Å²) in [5.41, 5.74) is 1.51. The average Bonchev–Trinajstić information content (AvgIpc) is 2.44. The molecule has 1 N–H and O–H groups in total. The minimum atomic E-state index is -0.266. The smallest absolute Gasteiger partial charge is 0.128 e. The van der Waals surface area contributed by atoms with Crippen molar-refractivity contribution in [1.29, 1.82) is 0 Å². The monoisotopic (exact) mass is 311 g/mol. The van der Waals surface area contributed by atoms with E-state index in [4.69, 9.17) is 23.2 Å². The number of rotatable bonds is 5. The van der Waals surface area contributed by atoms with Crippen LogP contribution in [0, 0.1) is 5.82 Å². The van der Waals surface area contributed by atoms with Gasteiger partial charge in [0.1, 0.15) is 5.82 Å². The van der Waals surface area contributed by atoms with Gasteiger partial charge in [0.05, 0.1) is 6.04 Å². The van der Waals surface area contributed by atoms with Crippen molar-refractivity contribution in [3.8, 4) is 0 Å². The average molecular weight is 312 g/mol. The maximum absolute atomic E-state index is 14.1. The van der Waals surface area contributed by atoms with E-state index >= 15 is 0 Å². The molecule has 0 aliphatic rings. The molecule has 0 aromatic heterocycles. The van der Waals surface area contributed by atoms with Gasteiger partial charge >= 0.3 is 0 Å². The van der Waals surface area contributed by atoms with Gasteiger partial charge in [0.25, 0.3) is 0 Å². The summed E-state index contributed by atoms with van der Waals surface area (Å²) in [4.78, 5) is 0. The van der Waals surface area contributed by atoms with Crippen molar-refractivity contribution in [3.63, 3.8) is 0 Å². The van der Waals surface area contributed by atoms with E-state index in [0.29, 0.717) is 15.6 Å². The molecule has 2 rings (SSSR count). The second kappa shape index (κ2) is 7.07. The van der Waals surface area contributed by atoms with E-state index in [1.807, 2.05) is 12.1 Å². The summed E-state index contributed by atoms with van der Waals surface area (Å²) in [5, 5.41) is 4.54. The van der Waals surface area contributed by atoms with E-state index < -0.39 is 0 Å². The van der Waals surface area contributed by atoms with Gasteiger partial charge in [-0.3, -0.25) is 0 Å². The van der Waals surface area contributed by atoms with Crippen molar-refractivity contribution >= 4 is 23.2 Å². The van der Waals surface area contributed by atoms with Crippen LogP contribution in [0.3, 0.4) is 0 Å². The summed E-state index contributed by atoms with van der Waals surface area (Å²) in [7, 11) is 0. The molecule has 0 aliphatic heterocycles. The molecule has 0 fully saturated rings. The van der Waals surface area contributed by atoms with Crippen LogP contribution >= 0.6 is 23.2 Å². The Kier molecular flexibility index (Phi) is 5.41. The number of nitrogens with one attached hydrogen (secondary N) is 1. The molecule has 2 aromatic carbocycles. The van der Waals surface area contributed by atoms with Crippen molar-refractivity contribution in [2.45, 2.75) is 19.4 Å². The third-order valence-corrected chi connectivity index (χ3v) is 3.56. The third kappa shape index (κ3) is 3.72. The highest BCUT2D eigenvalue weighted by Gasteiger charge is 2.17. The van der Waals surface area contributed by atoms with Gasteiger partial charge < -0.3 is 5.32 Å². The van der Waals surface area contributed by atoms with Crippen molar-refractivity contribution in [2.75, 3.05) is 6.54 Å². The van der Waals surface area contributed by atoms with Crippen LogP contribution in [0.15, 0.2) is 42.5 Å². The molecule has 0 saturated heterocycles. The molecule has 106 valence electrons. The summed E-state index contributed by atoms with van der Waals surface area (Å²) in [5.74, 6) is -0.266. The Hall–Kier alpha value is -1.09. The van der Waals surface area contributed by atoms with Crippen molar-refractivity contribution < 1.29 is 4.39 Å². The molecule has 0 amide bonds. The van der Waals surface area contributed by atoms with E-state index in [0.717, 1.165) is 18.5 Å². The lowest BCUT2D eigenvalue weighted by Crippen LogP contribution is -2.24. The lowest BCUT2D eigenvalue weighted by molar-refractivity contribution is 0.547. The van der Waals surface area contributed by atoms with Gasteiger partial charge in [0.15, 0.2) is 0 Å². The molecule has 4 heteroatoms. The lowest BCUT2D eigenvalue weighted by Gasteiger charge is -2.20. The Morgan fingerprint density at radius 1 is 1.05 bits per heavy atom. The molecule has 0 spiro atoms. The molecule has 1 nitrogen and oxygen atoms in total. The number of benzene rings is 2. The van der Waals surface area contributed by atoms with Gasteiger partial charge in [-0.1, -0.05) is 42.3 Å². The molecular weight excluding hydrogens is 296 g/mol. The molecule has 0 bridgehead atoms. The Morgan fingerprint density at radius 2 is 1.70 bits per heavy atom. The van der Waals surface area contributed by atoms with Crippen molar-refractivity contribution in [2.24, 2.45) is 0 Å². The maximum atomic E-state index is 14.1. The van der Waals surface area contributed by atoms with Crippen LogP contribution in [0.2, 0.25) is 10.0 Å². The standard InChI is InChI=1S/C16H16Cl2FN/c1-2-9-20-16(11-3-5-12(17)6-4-11)14-10-13(18)7-8-15(14)19/h3-8,10,16,20H,2,9H2,1H3. The van der Waals surface area contributed by atoms with E-state index in [9.17, 15) is 4.39 Å². The van der Waals surface area contributed by atoms with Crippen LogP contribution in [-0.4, -0.2) is 6.54 Å². The minimum Gasteiger partial charge on any atom is -0.306 e. The molecule has 0 saturated carbocycles. The maximum Gasteiger partial charge on any atom is 0.128 e. The highest BCUT2D eigenvalue weighted by Crippen LogP contribution is 2.27. The Bertz CT molecular complexity index is 569.